The second-order valence-corrected chi connectivity index (χ2v) is 8.79. The van der Waals surface area contributed by atoms with E-state index in [-0.39, 0.29) is 5.78 Å². The predicted molar refractivity (Wildman–Crippen MR) is 128 cm³/mol. The summed E-state index contributed by atoms with van der Waals surface area (Å²) in [6, 6.07) is 25.3. The molecule has 0 N–H and O–H groups in total. The van der Waals surface area contributed by atoms with Gasteiger partial charge in [-0.3, -0.25) is 9.69 Å². The third-order valence-electron chi connectivity index (χ3n) is 6.57. The molecule has 4 nitrogen and oxygen atoms in total. The molecule has 0 radical (unpaired) electrons. The van der Waals surface area contributed by atoms with Crippen LogP contribution in [0.1, 0.15) is 32.6 Å². The summed E-state index contributed by atoms with van der Waals surface area (Å²) in [6.07, 6.45) is 1.54. The van der Waals surface area contributed by atoms with Crippen LogP contribution in [0.25, 0.3) is 0 Å². The van der Waals surface area contributed by atoms with Crippen molar-refractivity contribution >= 4 is 11.5 Å². The van der Waals surface area contributed by atoms with Crippen LogP contribution >= 0.6 is 0 Å². The van der Waals surface area contributed by atoms with E-state index in [0.717, 1.165) is 63.5 Å². The lowest BCUT2D eigenvalue weighted by Crippen LogP contribution is -2.36. The van der Waals surface area contributed by atoms with Crippen molar-refractivity contribution in [3.63, 3.8) is 0 Å². The van der Waals surface area contributed by atoms with Gasteiger partial charge in [0.05, 0.1) is 13.2 Å². The molecule has 0 aliphatic carbocycles. The Morgan fingerprint density at radius 1 is 0.781 bits per heavy atom. The fourth-order valence-corrected chi connectivity index (χ4v) is 4.68. The highest BCUT2D eigenvalue weighted by molar-refractivity contribution is 5.97. The molecule has 0 spiro atoms. The standard InChI is InChI=1S/C28H30N2O2/c31-28(19-22-7-11-27(12-8-22)30-15-17-32-18-16-30)25-9-5-23(6-10-25)20-29-14-13-24-3-1-2-4-26(24)21-29/h1-12H,13-21H2. The molecule has 1 fully saturated rings. The second-order valence-electron chi connectivity index (χ2n) is 8.79. The highest BCUT2D eigenvalue weighted by Gasteiger charge is 2.16. The zero-order chi connectivity index (χ0) is 21.8. The van der Waals surface area contributed by atoms with Crippen LogP contribution in [-0.4, -0.2) is 43.5 Å². The maximum atomic E-state index is 12.8. The monoisotopic (exact) mass is 426 g/mol. The van der Waals surface area contributed by atoms with Gasteiger partial charge in [-0.2, -0.15) is 0 Å². The molecule has 164 valence electrons. The van der Waals surface area contributed by atoms with Gasteiger partial charge in [-0.1, -0.05) is 60.7 Å². The SMILES string of the molecule is O=C(Cc1ccc(N2CCOCC2)cc1)c1ccc(CN2CCc3ccccc3C2)cc1. The number of carbonyl (C=O) groups is 1. The third-order valence-corrected chi connectivity index (χ3v) is 6.57. The van der Waals surface area contributed by atoms with E-state index in [0.29, 0.717) is 6.42 Å². The third kappa shape index (κ3) is 4.93. The number of anilines is 1. The number of ketones is 1. The van der Waals surface area contributed by atoms with Gasteiger partial charge in [0.2, 0.25) is 0 Å². The molecule has 5 rings (SSSR count). The van der Waals surface area contributed by atoms with Crippen LogP contribution in [-0.2, 0) is 30.7 Å². The molecule has 0 aromatic heterocycles. The number of hydrogen-bond donors (Lipinski definition) is 0. The molecule has 2 aliphatic heterocycles. The number of fused-ring (bicyclic) bond motifs is 1. The predicted octanol–water partition coefficient (Wildman–Crippen LogP) is 4.51. The zero-order valence-corrected chi connectivity index (χ0v) is 18.5. The number of carbonyl (C=O) groups excluding carboxylic acids is 1. The zero-order valence-electron chi connectivity index (χ0n) is 18.5. The fraction of sp³-hybridized carbons (Fsp3) is 0.321. The van der Waals surface area contributed by atoms with Gasteiger partial charge in [0.15, 0.2) is 5.78 Å². The Morgan fingerprint density at radius 2 is 1.47 bits per heavy atom. The number of ether oxygens (including phenoxy) is 1. The van der Waals surface area contributed by atoms with Crippen LogP contribution in [0.3, 0.4) is 0 Å². The van der Waals surface area contributed by atoms with E-state index in [1.807, 2.05) is 12.1 Å². The molecule has 3 aromatic carbocycles. The van der Waals surface area contributed by atoms with Gasteiger partial charge in [0.25, 0.3) is 0 Å². The minimum atomic E-state index is 0.169. The minimum Gasteiger partial charge on any atom is -0.378 e. The van der Waals surface area contributed by atoms with Crippen molar-refractivity contribution in [2.75, 3.05) is 37.7 Å². The Kier molecular flexibility index (Phi) is 6.33. The van der Waals surface area contributed by atoms with Gasteiger partial charge in [0, 0.05) is 50.4 Å². The lowest BCUT2D eigenvalue weighted by Gasteiger charge is -2.29. The first-order valence-electron chi connectivity index (χ1n) is 11.6. The van der Waals surface area contributed by atoms with Gasteiger partial charge in [-0.25, -0.2) is 0 Å². The fourth-order valence-electron chi connectivity index (χ4n) is 4.68. The molecule has 0 atom stereocenters. The largest absolute Gasteiger partial charge is 0.378 e. The van der Waals surface area contributed by atoms with E-state index >= 15 is 0 Å². The second kappa shape index (κ2) is 9.68. The molecule has 0 amide bonds. The van der Waals surface area contributed by atoms with Crippen LogP contribution in [0, 0.1) is 0 Å². The average molecular weight is 427 g/mol. The van der Waals surface area contributed by atoms with Crippen molar-refractivity contribution in [3.05, 3.63) is 101 Å². The van der Waals surface area contributed by atoms with Crippen molar-refractivity contribution < 1.29 is 9.53 Å². The summed E-state index contributed by atoms with van der Waals surface area (Å²) >= 11 is 0. The summed E-state index contributed by atoms with van der Waals surface area (Å²) in [5.74, 6) is 0.169. The van der Waals surface area contributed by atoms with E-state index in [1.54, 1.807) is 0 Å². The lowest BCUT2D eigenvalue weighted by molar-refractivity contribution is 0.0993. The minimum absolute atomic E-state index is 0.169. The van der Waals surface area contributed by atoms with Gasteiger partial charge >= 0.3 is 0 Å². The summed E-state index contributed by atoms with van der Waals surface area (Å²) in [7, 11) is 0. The summed E-state index contributed by atoms with van der Waals surface area (Å²) in [6.45, 7) is 6.41. The molecular formula is C28H30N2O2. The first-order valence-corrected chi connectivity index (χ1v) is 11.6. The molecule has 1 saturated heterocycles. The van der Waals surface area contributed by atoms with E-state index in [2.05, 4.69) is 70.5 Å². The summed E-state index contributed by atoms with van der Waals surface area (Å²) in [5.41, 5.74) is 7.22. The number of morpholine rings is 1. The molecule has 4 heteroatoms. The topological polar surface area (TPSA) is 32.8 Å². The Bertz CT molecular complexity index is 1050. The number of rotatable bonds is 6. The molecule has 32 heavy (non-hydrogen) atoms. The van der Waals surface area contributed by atoms with Gasteiger partial charge in [-0.05, 0) is 40.8 Å². The smallest absolute Gasteiger partial charge is 0.167 e. The highest BCUT2D eigenvalue weighted by atomic mass is 16.5. The van der Waals surface area contributed by atoms with E-state index in [9.17, 15) is 4.79 Å². The van der Waals surface area contributed by atoms with Crippen molar-refractivity contribution in [2.45, 2.75) is 25.9 Å². The van der Waals surface area contributed by atoms with Crippen LogP contribution in [0.5, 0.6) is 0 Å². The maximum Gasteiger partial charge on any atom is 0.167 e. The lowest BCUT2D eigenvalue weighted by atomic mass is 9.99. The molecule has 2 heterocycles. The molecule has 0 unspecified atom stereocenters. The normalized spacial score (nSPS) is 16.6. The van der Waals surface area contributed by atoms with Crippen LogP contribution in [0.2, 0.25) is 0 Å². The van der Waals surface area contributed by atoms with E-state index < -0.39 is 0 Å². The van der Waals surface area contributed by atoms with Crippen molar-refractivity contribution in [2.24, 2.45) is 0 Å². The first kappa shape index (κ1) is 20.9. The molecule has 0 saturated carbocycles. The Balaban J connectivity index is 1.16. The van der Waals surface area contributed by atoms with Crippen molar-refractivity contribution in [3.8, 4) is 0 Å². The van der Waals surface area contributed by atoms with Crippen molar-refractivity contribution in [1.29, 1.82) is 0 Å². The van der Waals surface area contributed by atoms with E-state index in [1.165, 1.54) is 22.4 Å². The van der Waals surface area contributed by atoms with E-state index in [4.69, 9.17) is 4.74 Å². The van der Waals surface area contributed by atoms with Crippen LogP contribution in [0.15, 0.2) is 72.8 Å². The van der Waals surface area contributed by atoms with Gasteiger partial charge in [-0.15, -0.1) is 0 Å². The maximum absolute atomic E-state index is 12.8. The molecule has 3 aromatic rings. The first-order chi connectivity index (χ1) is 15.7. The quantitative estimate of drug-likeness (QED) is 0.543. The number of benzene rings is 3. The van der Waals surface area contributed by atoms with Crippen molar-refractivity contribution in [1.82, 2.24) is 4.90 Å². The highest BCUT2D eigenvalue weighted by Crippen LogP contribution is 2.21. The Hall–Kier alpha value is -2.95. The molecule has 0 bridgehead atoms. The van der Waals surface area contributed by atoms with Gasteiger partial charge in [0.1, 0.15) is 0 Å². The van der Waals surface area contributed by atoms with Gasteiger partial charge < -0.3 is 9.64 Å². The summed E-state index contributed by atoms with van der Waals surface area (Å²) in [5, 5.41) is 0. The summed E-state index contributed by atoms with van der Waals surface area (Å²) < 4.78 is 5.42. The Morgan fingerprint density at radius 3 is 2.22 bits per heavy atom. The molecule has 2 aliphatic rings. The summed E-state index contributed by atoms with van der Waals surface area (Å²) in [4.78, 5) is 17.6. The number of Topliss-reactive ketones (excluding diaryl/α,β-unsaturated/α-hetero) is 1. The van der Waals surface area contributed by atoms with Crippen LogP contribution in [0.4, 0.5) is 5.69 Å². The van der Waals surface area contributed by atoms with Crippen LogP contribution < -0.4 is 4.90 Å². The average Bonchev–Trinajstić information content (AvgIpc) is 2.85. The number of hydrogen-bond acceptors (Lipinski definition) is 4. The Labute approximate surface area is 190 Å². The number of nitrogens with zero attached hydrogens (tertiary/aromatic N) is 2. The molecular weight excluding hydrogens is 396 g/mol.